The van der Waals surface area contributed by atoms with E-state index in [9.17, 15) is 9.18 Å². The average Bonchev–Trinajstić information content (AvgIpc) is 2.44. The molecular formula is C15H12BrClFNO2. The first-order valence-corrected chi connectivity index (χ1v) is 7.31. The van der Waals surface area contributed by atoms with Gasteiger partial charge < -0.3 is 10.1 Å². The van der Waals surface area contributed by atoms with Crippen molar-refractivity contribution < 1.29 is 13.9 Å². The van der Waals surface area contributed by atoms with Crippen molar-refractivity contribution in [1.29, 1.82) is 0 Å². The van der Waals surface area contributed by atoms with Gasteiger partial charge in [0, 0.05) is 10.2 Å². The van der Waals surface area contributed by atoms with Crippen LogP contribution < -0.4 is 10.1 Å². The Bertz CT molecular complexity index is 649. The minimum Gasteiger partial charge on any atom is -0.479 e. The predicted octanol–water partition coefficient (Wildman–Crippen LogP) is 4.65. The maximum Gasteiger partial charge on any atom is 0.265 e. The molecule has 21 heavy (non-hydrogen) atoms. The maximum atomic E-state index is 12.9. The number of carbonyl (C=O) groups excluding carboxylic acids is 1. The molecule has 0 aliphatic carbocycles. The highest BCUT2D eigenvalue weighted by Gasteiger charge is 2.16. The Morgan fingerprint density at radius 1 is 1.29 bits per heavy atom. The van der Waals surface area contributed by atoms with Crippen LogP contribution in [0.2, 0.25) is 5.02 Å². The fraction of sp³-hybridized carbons (Fsp3) is 0.133. The average molecular weight is 373 g/mol. The number of halogens is 3. The Morgan fingerprint density at radius 2 is 1.95 bits per heavy atom. The van der Waals surface area contributed by atoms with E-state index in [1.807, 2.05) is 12.1 Å². The van der Waals surface area contributed by atoms with Crippen molar-refractivity contribution in [3.8, 4) is 5.75 Å². The number of hydrogen-bond acceptors (Lipinski definition) is 2. The van der Waals surface area contributed by atoms with Crippen molar-refractivity contribution in [1.82, 2.24) is 0 Å². The Balaban J connectivity index is 2.00. The zero-order valence-electron chi connectivity index (χ0n) is 11.1. The van der Waals surface area contributed by atoms with Crippen LogP contribution in [0.3, 0.4) is 0 Å². The molecule has 0 saturated heterocycles. The Kier molecular flexibility index (Phi) is 5.20. The highest BCUT2D eigenvalue weighted by molar-refractivity contribution is 9.10. The smallest absolute Gasteiger partial charge is 0.265 e. The van der Waals surface area contributed by atoms with Gasteiger partial charge in [0.25, 0.3) is 5.91 Å². The lowest BCUT2D eigenvalue weighted by molar-refractivity contribution is -0.122. The second-order valence-electron chi connectivity index (χ2n) is 4.33. The third-order valence-corrected chi connectivity index (χ3v) is 3.50. The van der Waals surface area contributed by atoms with Gasteiger partial charge >= 0.3 is 0 Å². The van der Waals surface area contributed by atoms with Crippen molar-refractivity contribution in [2.75, 3.05) is 5.32 Å². The van der Waals surface area contributed by atoms with Gasteiger partial charge in [-0.1, -0.05) is 27.5 Å². The fourth-order valence-electron chi connectivity index (χ4n) is 1.59. The first kappa shape index (κ1) is 15.8. The topological polar surface area (TPSA) is 38.3 Å². The Labute approximate surface area is 135 Å². The van der Waals surface area contributed by atoms with Crippen LogP contribution >= 0.6 is 27.5 Å². The predicted molar refractivity (Wildman–Crippen MR) is 84.3 cm³/mol. The molecule has 0 heterocycles. The zero-order chi connectivity index (χ0) is 15.4. The van der Waals surface area contributed by atoms with Gasteiger partial charge in [-0.15, -0.1) is 0 Å². The highest BCUT2D eigenvalue weighted by atomic mass is 79.9. The summed E-state index contributed by atoms with van der Waals surface area (Å²) in [5.74, 6) is -0.520. The monoisotopic (exact) mass is 371 g/mol. The molecule has 0 radical (unpaired) electrons. The molecule has 0 aliphatic rings. The first-order chi connectivity index (χ1) is 9.95. The minimum atomic E-state index is -0.767. The quantitative estimate of drug-likeness (QED) is 0.848. The Hall–Kier alpha value is -1.59. The SMILES string of the molecule is C[C@H](Oc1ccc(F)cc1Cl)C(=O)Nc1ccc(Br)cc1. The summed E-state index contributed by atoms with van der Waals surface area (Å²) < 4.78 is 19.3. The van der Waals surface area contributed by atoms with Crippen LogP contribution in [0.5, 0.6) is 5.75 Å². The van der Waals surface area contributed by atoms with Crippen LogP contribution in [-0.4, -0.2) is 12.0 Å². The molecular weight excluding hydrogens is 361 g/mol. The van der Waals surface area contributed by atoms with E-state index in [1.165, 1.54) is 12.1 Å². The number of nitrogens with one attached hydrogen (secondary N) is 1. The lowest BCUT2D eigenvalue weighted by Crippen LogP contribution is -2.30. The zero-order valence-corrected chi connectivity index (χ0v) is 13.4. The number of benzene rings is 2. The third kappa shape index (κ3) is 4.44. The van der Waals surface area contributed by atoms with Crippen LogP contribution in [0.1, 0.15) is 6.92 Å². The number of hydrogen-bond donors (Lipinski definition) is 1. The van der Waals surface area contributed by atoms with Gasteiger partial charge in [-0.05, 0) is 49.4 Å². The number of amides is 1. The minimum absolute atomic E-state index is 0.123. The molecule has 2 rings (SSSR count). The summed E-state index contributed by atoms with van der Waals surface area (Å²) in [7, 11) is 0. The van der Waals surface area contributed by atoms with Gasteiger partial charge in [-0.25, -0.2) is 4.39 Å². The van der Waals surface area contributed by atoms with E-state index in [4.69, 9.17) is 16.3 Å². The lowest BCUT2D eigenvalue weighted by atomic mass is 10.3. The highest BCUT2D eigenvalue weighted by Crippen LogP contribution is 2.26. The summed E-state index contributed by atoms with van der Waals surface area (Å²) in [4.78, 5) is 12.0. The molecule has 0 saturated carbocycles. The van der Waals surface area contributed by atoms with Crippen LogP contribution in [0.4, 0.5) is 10.1 Å². The molecule has 0 unspecified atom stereocenters. The lowest BCUT2D eigenvalue weighted by Gasteiger charge is -2.15. The molecule has 1 atom stereocenters. The number of rotatable bonds is 4. The van der Waals surface area contributed by atoms with Gasteiger partial charge in [-0.3, -0.25) is 4.79 Å². The number of carbonyl (C=O) groups is 1. The van der Waals surface area contributed by atoms with Gasteiger partial charge in [0.15, 0.2) is 6.10 Å². The molecule has 1 amide bonds. The normalized spacial score (nSPS) is 11.8. The summed E-state index contributed by atoms with van der Waals surface area (Å²) >= 11 is 9.17. The summed E-state index contributed by atoms with van der Waals surface area (Å²) in [5.41, 5.74) is 0.656. The summed E-state index contributed by atoms with van der Waals surface area (Å²) in [5, 5.41) is 2.84. The van der Waals surface area contributed by atoms with Gasteiger partial charge in [0.05, 0.1) is 5.02 Å². The fourth-order valence-corrected chi connectivity index (χ4v) is 2.07. The van der Waals surface area contributed by atoms with Crippen molar-refractivity contribution in [3.05, 3.63) is 57.8 Å². The molecule has 0 spiro atoms. The molecule has 2 aromatic rings. The van der Waals surface area contributed by atoms with E-state index in [-0.39, 0.29) is 16.7 Å². The van der Waals surface area contributed by atoms with Gasteiger partial charge in [0.1, 0.15) is 11.6 Å². The molecule has 0 aromatic heterocycles. The third-order valence-electron chi connectivity index (χ3n) is 2.68. The molecule has 0 aliphatic heterocycles. The number of anilines is 1. The molecule has 0 fully saturated rings. The molecule has 3 nitrogen and oxygen atoms in total. The van der Waals surface area contributed by atoms with Crippen molar-refractivity contribution in [2.24, 2.45) is 0 Å². The van der Waals surface area contributed by atoms with E-state index in [0.717, 1.165) is 10.5 Å². The van der Waals surface area contributed by atoms with E-state index < -0.39 is 11.9 Å². The van der Waals surface area contributed by atoms with E-state index >= 15 is 0 Å². The van der Waals surface area contributed by atoms with Crippen LogP contribution in [0, 0.1) is 5.82 Å². The number of ether oxygens (including phenoxy) is 1. The second kappa shape index (κ2) is 6.91. The van der Waals surface area contributed by atoms with E-state index in [1.54, 1.807) is 19.1 Å². The first-order valence-electron chi connectivity index (χ1n) is 6.14. The van der Waals surface area contributed by atoms with Crippen molar-refractivity contribution in [2.45, 2.75) is 13.0 Å². The molecule has 1 N–H and O–H groups in total. The summed E-state index contributed by atoms with van der Waals surface area (Å²) in [6.45, 7) is 1.59. The van der Waals surface area contributed by atoms with Crippen molar-refractivity contribution >= 4 is 39.1 Å². The van der Waals surface area contributed by atoms with Crippen LogP contribution in [-0.2, 0) is 4.79 Å². The molecule has 6 heteroatoms. The second-order valence-corrected chi connectivity index (χ2v) is 5.65. The molecule has 0 bridgehead atoms. The van der Waals surface area contributed by atoms with E-state index in [2.05, 4.69) is 21.2 Å². The maximum absolute atomic E-state index is 12.9. The van der Waals surface area contributed by atoms with Gasteiger partial charge in [0.2, 0.25) is 0 Å². The standard InChI is InChI=1S/C15H12BrClFNO2/c1-9(21-14-7-4-11(18)8-13(14)17)15(20)19-12-5-2-10(16)3-6-12/h2-9H,1H3,(H,19,20)/t9-/m0/s1. The van der Waals surface area contributed by atoms with Crippen LogP contribution in [0.15, 0.2) is 46.9 Å². The molecule has 2 aromatic carbocycles. The summed E-state index contributed by atoms with van der Waals surface area (Å²) in [6.07, 6.45) is -0.767. The van der Waals surface area contributed by atoms with Crippen molar-refractivity contribution in [3.63, 3.8) is 0 Å². The van der Waals surface area contributed by atoms with Crippen LogP contribution in [0.25, 0.3) is 0 Å². The Morgan fingerprint density at radius 3 is 2.57 bits per heavy atom. The summed E-state index contributed by atoms with van der Waals surface area (Å²) in [6, 6.07) is 10.9. The largest absolute Gasteiger partial charge is 0.479 e. The molecule has 110 valence electrons. The van der Waals surface area contributed by atoms with Gasteiger partial charge in [-0.2, -0.15) is 0 Å². The van der Waals surface area contributed by atoms with E-state index in [0.29, 0.717) is 5.69 Å².